The van der Waals surface area contributed by atoms with E-state index in [4.69, 9.17) is 4.74 Å². The van der Waals surface area contributed by atoms with Crippen molar-refractivity contribution in [3.63, 3.8) is 0 Å². The largest absolute Gasteiger partial charge is 0.390 e. The van der Waals surface area contributed by atoms with Gasteiger partial charge in [-0.2, -0.15) is 11.8 Å². The van der Waals surface area contributed by atoms with Gasteiger partial charge in [0.1, 0.15) is 6.10 Å². The van der Waals surface area contributed by atoms with Crippen LogP contribution in [0.5, 0.6) is 0 Å². The smallest absolute Gasteiger partial charge is 0.110 e. The van der Waals surface area contributed by atoms with Crippen molar-refractivity contribution in [2.24, 2.45) is 11.3 Å². The molecular formula is C30H50O4S. The number of aliphatic hydroxyl groups excluding tert-OH is 2. The summed E-state index contributed by atoms with van der Waals surface area (Å²) in [4.78, 5) is 0. The molecule has 200 valence electrons. The number of thioether (sulfide) groups is 1. The predicted molar refractivity (Wildman–Crippen MR) is 148 cm³/mol. The Kier molecular flexibility index (Phi) is 10.6. The van der Waals surface area contributed by atoms with Crippen molar-refractivity contribution in [2.75, 3.05) is 12.4 Å². The number of allylic oxidation sites excluding steroid dienone is 4. The highest BCUT2D eigenvalue weighted by molar-refractivity contribution is 8.00. The Morgan fingerprint density at radius 3 is 2.49 bits per heavy atom. The van der Waals surface area contributed by atoms with E-state index >= 15 is 0 Å². The second kappa shape index (κ2) is 12.8. The summed E-state index contributed by atoms with van der Waals surface area (Å²) in [7, 11) is 0. The maximum atomic E-state index is 10.7. The molecule has 3 aliphatic carbocycles. The zero-order chi connectivity index (χ0) is 25.6. The van der Waals surface area contributed by atoms with Crippen molar-refractivity contribution >= 4 is 11.8 Å². The highest BCUT2D eigenvalue weighted by Gasteiger charge is 2.46. The molecule has 35 heavy (non-hydrogen) atoms. The van der Waals surface area contributed by atoms with Crippen LogP contribution in [0.2, 0.25) is 0 Å². The van der Waals surface area contributed by atoms with E-state index in [9.17, 15) is 15.3 Å². The van der Waals surface area contributed by atoms with Gasteiger partial charge in [0.25, 0.3) is 0 Å². The molecule has 5 atom stereocenters. The Morgan fingerprint density at radius 2 is 1.86 bits per heavy atom. The van der Waals surface area contributed by atoms with E-state index in [2.05, 4.69) is 45.9 Å². The third-order valence-electron chi connectivity index (χ3n) is 9.05. The monoisotopic (exact) mass is 506 g/mol. The second-order valence-electron chi connectivity index (χ2n) is 11.4. The Balaban J connectivity index is 1.63. The van der Waals surface area contributed by atoms with E-state index in [-0.39, 0.29) is 5.41 Å². The normalized spacial score (nSPS) is 33.5. The number of ether oxygens (including phenoxy) is 1. The van der Waals surface area contributed by atoms with Crippen molar-refractivity contribution in [3.8, 4) is 0 Å². The van der Waals surface area contributed by atoms with Crippen molar-refractivity contribution in [3.05, 3.63) is 34.9 Å². The molecule has 0 aromatic rings. The molecule has 0 spiro atoms. The van der Waals surface area contributed by atoms with Crippen molar-refractivity contribution in [1.82, 2.24) is 0 Å². The quantitative estimate of drug-likeness (QED) is 0.285. The van der Waals surface area contributed by atoms with E-state index in [1.165, 1.54) is 18.4 Å². The van der Waals surface area contributed by atoms with Gasteiger partial charge in [-0.15, -0.1) is 0 Å². The van der Waals surface area contributed by atoms with Crippen LogP contribution in [0, 0.1) is 11.3 Å². The fraction of sp³-hybridized carbons (Fsp3) is 0.800. The summed E-state index contributed by atoms with van der Waals surface area (Å²) in [6.07, 6.45) is 14.5. The van der Waals surface area contributed by atoms with Gasteiger partial charge in [0.05, 0.1) is 17.8 Å². The lowest BCUT2D eigenvalue weighted by atomic mass is 9.64. The number of aliphatic hydroxyl groups is 3. The molecular weight excluding hydrogens is 456 g/mol. The number of fused-ring (bicyclic) bond motifs is 1. The molecule has 0 radical (unpaired) electrons. The zero-order valence-electron chi connectivity index (χ0n) is 22.8. The molecule has 0 amide bonds. The van der Waals surface area contributed by atoms with E-state index in [0.29, 0.717) is 30.6 Å². The van der Waals surface area contributed by atoms with E-state index in [0.717, 1.165) is 49.9 Å². The number of hydrogen-bond donors (Lipinski definition) is 3. The Bertz CT molecular complexity index is 769. The average Bonchev–Trinajstić information content (AvgIpc) is 3.19. The lowest BCUT2D eigenvalue weighted by molar-refractivity contribution is -0.109. The summed E-state index contributed by atoms with van der Waals surface area (Å²) in [6.45, 7) is 11.6. The van der Waals surface area contributed by atoms with Crippen molar-refractivity contribution in [2.45, 2.75) is 128 Å². The fourth-order valence-corrected chi connectivity index (χ4v) is 7.94. The third-order valence-corrected chi connectivity index (χ3v) is 10.2. The first-order chi connectivity index (χ1) is 16.7. The van der Waals surface area contributed by atoms with Gasteiger partial charge >= 0.3 is 0 Å². The van der Waals surface area contributed by atoms with Crippen LogP contribution in [0.25, 0.3) is 0 Å². The Labute approximate surface area is 218 Å². The molecule has 0 saturated heterocycles. The molecule has 2 unspecified atom stereocenters. The first-order valence-corrected chi connectivity index (χ1v) is 15.1. The summed E-state index contributed by atoms with van der Waals surface area (Å²) in [5.74, 6) is 1.55. The van der Waals surface area contributed by atoms with Crippen LogP contribution in [0.15, 0.2) is 34.9 Å². The molecule has 3 aliphatic rings. The standard InChI is InChI=1S/C30H50O4S/c1-6-17-34-28-26(31)19-22(20-27(28)32)11-12-23-10-9-15-29(5)24(13-14-25(23)29)21(4)35-18-16-30(33,7-2)8-3/h11-13,21,25-28,31-33H,6-10,14-20H2,1-5H3/b22-11?,23-12+/t21?,25?,26-,27-,28?,29-/m1/s1. The van der Waals surface area contributed by atoms with Crippen molar-refractivity contribution < 1.29 is 20.1 Å². The number of rotatable bonds is 11. The van der Waals surface area contributed by atoms with Gasteiger partial charge in [0, 0.05) is 11.9 Å². The number of hydrogen-bond acceptors (Lipinski definition) is 5. The van der Waals surface area contributed by atoms with Crippen LogP contribution < -0.4 is 0 Å². The third kappa shape index (κ3) is 6.84. The summed E-state index contributed by atoms with van der Waals surface area (Å²) in [6, 6.07) is 0. The molecule has 0 aliphatic heterocycles. The molecule has 4 nitrogen and oxygen atoms in total. The minimum absolute atomic E-state index is 0.214. The highest BCUT2D eigenvalue weighted by atomic mass is 32.2. The van der Waals surface area contributed by atoms with Gasteiger partial charge in [0.15, 0.2) is 0 Å². The van der Waals surface area contributed by atoms with Gasteiger partial charge in [0.2, 0.25) is 0 Å². The van der Waals surface area contributed by atoms with Gasteiger partial charge in [-0.3, -0.25) is 0 Å². The Hall–Kier alpha value is -0.590. The molecule has 3 rings (SSSR count). The summed E-state index contributed by atoms with van der Waals surface area (Å²) >= 11 is 2.00. The van der Waals surface area contributed by atoms with Crippen molar-refractivity contribution in [1.29, 1.82) is 0 Å². The van der Waals surface area contributed by atoms with E-state index in [1.54, 1.807) is 5.57 Å². The first-order valence-electron chi connectivity index (χ1n) is 14.1. The van der Waals surface area contributed by atoms with Gasteiger partial charge in [-0.05, 0) is 88.2 Å². The molecule has 2 saturated carbocycles. The summed E-state index contributed by atoms with van der Waals surface area (Å²) < 4.78 is 5.70. The minimum Gasteiger partial charge on any atom is -0.390 e. The van der Waals surface area contributed by atoms with Crippen LogP contribution in [0.1, 0.15) is 98.8 Å². The SMILES string of the molecule is CCCOC1[C@H](O)CC(=C/C=C2\CCC[C@]3(C)C(C(C)SCCC(O)(CC)CC)=CCC23)C[C@H]1O. The minimum atomic E-state index is -0.637. The molecule has 2 fully saturated rings. The fourth-order valence-electron chi connectivity index (χ4n) is 6.55. The van der Waals surface area contributed by atoms with Gasteiger partial charge in [-0.1, -0.05) is 62.6 Å². The van der Waals surface area contributed by atoms with Crippen LogP contribution in [-0.4, -0.2) is 56.8 Å². The predicted octanol–water partition coefficient (Wildman–Crippen LogP) is 6.35. The lowest BCUT2D eigenvalue weighted by Crippen LogP contribution is -2.44. The summed E-state index contributed by atoms with van der Waals surface area (Å²) in [5.41, 5.74) is 3.94. The van der Waals surface area contributed by atoms with Crippen LogP contribution in [0.4, 0.5) is 0 Å². The molecule has 0 bridgehead atoms. The van der Waals surface area contributed by atoms with E-state index in [1.807, 2.05) is 18.7 Å². The highest BCUT2D eigenvalue weighted by Crippen LogP contribution is 2.56. The first kappa shape index (κ1) is 29.0. The maximum Gasteiger partial charge on any atom is 0.110 e. The second-order valence-corrected chi connectivity index (χ2v) is 12.8. The topological polar surface area (TPSA) is 69.9 Å². The molecule has 0 heterocycles. The molecule has 0 aromatic heterocycles. The molecule has 0 aromatic carbocycles. The van der Waals surface area contributed by atoms with Crippen LogP contribution in [-0.2, 0) is 4.74 Å². The lowest BCUT2D eigenvalue weighted by Gasteiger charge is -2.42. The van der Waals surface area contributed by atoms with Crippen LogP contribution >= 0.6 is 11.8 Å². The maximum absolute atomic E-state index is 10.7. The van der Waals surface area contributed by atoms with Gasteiger partial charge in [-0.25, -0.2) is 0 Å². The summed E-state index contributed by atoms with van der Waals surface area (Å²) in [5, 5.41) is 32.2. The zero-order valence-corrected chi connectivity index (χ0v) is 23.6. The van der Waals surface area contributed by atoms with Gasteiger partial charge < -0.3 is 20.1 Å². The average molecular weight is 507 g/mol. The molecule has 3 N–H and O–H groups in total. The van der Waals surface area contributed by atoms with Crippen LogP contribution in [0.3, 0.4) is 0 Å². The van der Waals surface area contributed by atoms with E-state index < -0.39 is 23.9 Å². The molecule has 5 heteroatoms. The Morgan fingerprint density at radius 1 is 1.17 bits per heavy atom.